The van der Waals surface area contributed by atoms with Crippen molar-refractivity contribution in [1.29, 1.82) is 0 Å². The van der Waals surface area contributed by atoms with Gasteiger partial charge in [0.25, 0.3) is 0 Å². The summed E-state index contributed by atoms with van der Waals surface area (Å²) < 4.78 is 0. The Balaban J connectivity index is 0.000000365. The second-order valence-electron chi connectivity index (χ2n) is 7.61. The molecule has 2 fully saturated rings. The fourth-order valence-corrected chi connectivity index (χ4v) is 3.45. The van der Waals surface area contributed by atoms with Gasteiger partial charge in [-0.2, -0.15) is 0 Å². The van der Waals surface area contributed by atoms with Crippen molar-refractivity contribution in [3.8, 4) is 0 Å². The molecule has 0 radical (unpaired) electrons. The fraction of sp³-hybridized carbons (Fsp3) is 1.00. The van der Waals surface area contributed by atoms with Gasteiger partial charge < -0.3 is 16.2 Å². The lowest BCUT2D eigenvalue weighted by molar-refractivity contribution is 0.283. The molecule has 23 heavy (non-hydrogen) atoms. The van der Waals surface area contributed by atoms with Crippen LogP contribution in [-0.2, 0) is 0 Å². The first-order valence-electron chi connectivity index (χ1n) is 10.1. The van der Waals surface area contributed by atoms with E-state index in [0.717, 1.165) is 36.8 Å². The molecule has 0 unspecified atom stereocenters. The molecule has 0 aliphatic heterocycles. The van der Waals surface area contributed by atoms with Crippen molar-refractivity contribution in [3.05, 3.63) is 0 Å². The minimum absolute atomic E-state index is 0.250. The number of aliphatic hydroxyl groups is 1. The third-order valence-electron chi connectivity index (χ3n) is 5.29. The van der Waals surface area contributed by atoms with Crippen molar-refractivity contribution in [2.24, 2.45) is 29.4 Å². The molecule has 0 heterocycles. The molecule has 3 nitrogen and oxygen atoms in total. The molecule has 2 saturated carbocycles. The van der Waals surface area contributed by atoms with Crippen LogP contribution in [0, 0.1) is 23.7 Å². The Morgan fingerprint density at radius 2 is 1.22 bits per heavy atom. The molecule has 2 aliphatic carbocycles. The van der Waals surface area contributed by atoms with Crippen LogP contribution in [0.1, 0.15) is 79.1 Å². The fourth-order valence-electron chi connectivity index (χ4n) is 3.45. The van der Waals surface area contributed by atoms with Crippen LogP contribution in [0.25, 0.3) is 0 Å². The molecule has 0 amide bonds. The SMILES string of the molecule is CC1CCC(CN)CC1.CCNCC1CCC(C)CC1.CCO. The van der Waals surface area contributed by atoms with E-state index in [9.17, 15) is 0 Å². The number of hydrogen-bond acceptors (Lipinski definition) is 3. The lowest BCUT2D eigenvalue weighted by Gasteiger charge is -2.26. The zero-order chi connectivity index (χ0) is 17.5. The number of nitrogens with one attached hydrogen (secondary N) is 1. The molecule has 3 heteroatoms. The first-order valence-corrected chi connectivity index (χ1v) is 10.1. The summed E-state index contributed by atoms with van der Waals surface area (Å²) >= 11 is 0. The second-order valence-corrected chi connectivity index (χ2v) is 7.61. The highest BCUT2D eigenvalue weighted by atomic mass is 16.2. The summed E-state index contributed by atoms with van der Waals surface area (Å²) in [4.78, 5) is 0. The summed E-state index contributed by atoms with van der Waals surface area (Å²) in [5.41, 5.74) is 5.55. The summed E-state index contributed by atoms with van der Waals surface area (Å²) in [6, 6.07) is 0. The third kappa shape index (κ3) is 12.9. The smallest absolute Gasteiger partial charge is 0.0402 e. The van der Waals surface area contributed by atoms with Gasteiger partial charge in [0.15, 0.2) is 0 Å². The Labute approximate surface area is 145 Å². The molecule has 0 aromatic rings. The molecule has 0 saturated heterocycles. The quantitative estimate of drug-likeness (QED) is 0.725. The molecule has 0 bridgehead atoms. The highest BCUT2D eigenvalue weighted by Gasteiger charge is 2.17. The second kappa shape index (κ2) is 15.4. The molecule has 0 spiro atoms. The zero-order valence-electron chi connectivity index (χ0n) is 16.3. The van der Waals surface area contributed by atoms with Crippen LogP contribution < -0.4 is 11.1 Å². The Bertz CT molecular complexity index is 229. The highest BCUT2D eigenvalue weighted by molar-refractivity contribution is 4.71. The number of rotatable bonds is 4. The van der Waals surface area contributed by atoms with Crippen LogP contribution in [0.3, 0.4) is 0 Å². The third-order valence-corrected chi connectivity index (χ3v) is 5.29. The van der Waals surface area contributed by atoms with Crippen LogP contribution in [0.2, 0.25) is 0 Å². The van der Waals surface area contributed by atoms with Gasteiger partial charge in [0.1, 0.15) is 0 Å². The Morgan fingerprint density at radius 1 is 0.826 bits per heavy atom. The molecule has 2 aliphatic rings. The number of aliphatic hydroxyl groups excluding tert-OH is 1. The van der Waals surface area contributed by atoms with Crippen LogP contribution in [0.15, 0.2) is 0 Å². The lowest BCUT2D eigenvalue weighted by Crippen LogP contribution is -2.25. The normalized spacial score (nSPS) is 30.5. The van der Waals surface area contributed by atoms with E-state index in [2.05, 4.69) is 26.1 Å². The van der Waals surface area contributed by atoms with E-state index in [1.807, 2.05) is 0 Å². The van der Waals surface area contributed by atoms with Crippen molar-refractivity contribution in [1.82, 2.24) is 5.32 Å². The first-order chi connectivity index (χ1) is 11.1. The summed E-state index contributed by atoms with van der Waals surface area (Å²) in [6.45, 7) is 12.1. The van der Waals surface area contributed by atoms with E-state index in [-0.39, 0.29) is 6.61 Å². The average molecular weight is 329 g/mol. The largest absolute Gasteiger partial charge is 0.397 e. The average Bonchev–Trinajstić information content (AvgIpc) is 2.56. The van der Waals surface area contributed by atoms with Gasteiger partial charge in [0, 0.05) is 6.61 Å². The molecule has 0 atom stereocenters. The van der Waals surface area contributed by atoms with Gasteiger partial charge in [-0.25, -0.2) is 0 Å². The molecular formula is C20H44N2O. The standard InChI is InChI=1S/C10H21N.C8H17N.C2H6O/c1-3-11-8-10-6-4-9(2)5-7-10;1-7-2-4-8(6-9)5-3-7;1-2-3/h9-11H,3-8H2,1-2H3;7-8H,2-6,9H2,1H3;3H,2H2,1H3. The molecule has 140 valence electrons. The predicted octanol–water partition coefficient (Wildman–Crippen LogP) is 4.19. The van der Waals surface area contributed by atoms with E-state index >= 15 is 0 Å². The van der Waals surface area contributed by atoms with Gasteiger partial charge in [-0.1, -0.05) is 46.5 Å². The summed E-state index contributed by atoms with van der Waals surface area (Å²) in [5.74, 6) is 3.79. The summed E-state index contributed by atoms with van der Waals surface area (Å²) in [5, 5.41) is 11.0. The van der Waals surface area contributed by atoms with Crippen LogP contribution in [0.4, 0.5) is 0 Å². The Hall–Kier alpha value is -0.120. The predicted molar refractivity (Wildman–Crippen MR) is 103 cm³/mol. The van der Waals surface area contributed by atoms with E-state index < -0.39 is 0 Å². The van der Waals surface area contributed by atoms with E-state index in [1.54, 1.807) is 6.92 Å². The lowest BCUT2D eigenvalue weighted by atomic mass is 9.83. The highest BCUT2D eigenvalue weighted by Crippen LogP contribution is 2.28. The minimum atomic E-state index is 0.250. The monoisotopic (exact) mass is 328 g/mol. The van der Waals surface area contributed by atoms with Gasteiger partial charge in [0.2, 0.25) is 0 Å². The van der Waals surface area contributed by atoms with Gasteiger partial charge in [-0.05, 0) is 75.9 Å². The van der Waals surface area contributed by atoms with Crippen molar-refractivity contribution in [2.75, 3.05) is 26.2 Å². The van der Waals surface area contributed by atoms with Crippen LogP contribution in [0.5, 0.6) is 0 Å². The maximum atomic E-state index is 7.57. The maximum Gasteiger partial charge on any atom is 0.0402 e. The molecule has 0 aromatic heterocycles. The molecule has 4 N–H and O–H groups in total. The maximum absolute atomic E-state index is 7.57. The van der Waals surface area contributed by atoms with E-state index in [4.69, 9.17) is 10.8 Å². The van der Waals surface area contributed by atoms with Crippen LogP contribution in [-0.4, -0.2) is 31.3 Å². The topological polar surface area (TPSA) is 58.3 Å². The minimum Gasteiger partial charge on any atom is -0.397 e. The molecule has 0 aromatic carbocycles. The number of nitrogens with two attached hydrogens (primary N) is 1. The first kappa shape index (κ1) is 22.9. The number of hydrogen-bond donors (Lipinski definition) is 3. The van der Waals surface area contributed by atoms with Gasteiger partial charge >= 0.3 is 0 Å². The summed E-state index contributed by atoms with van der Waals surface area (Å²) in [7, 11) is 0. The van der Waals surface area contributed by atoms with Crippen molar-refractivity contribution in [2.45, 2.75) is 79.1 Å². The molecular weight excluding hydrogens is 284 g/mol. The zero-order valence-corrected chi connectivity index (χ0v) is 16.3. The summed E-state index contributed by atoms with van der Waals surface area (Å²) in [6.07, 6.45) is 11.4. The van der Waals surface area contributed by atoms with Gasteiger partial charge in [0.05, 0.1) is 0 Å². The van der Waals surface area contributed by atoms with E-state index in [0.29, 0.717) is 0 Å². The molecule has 2 rings (SSSR count). The van der Waals surface area contributed by atoms with Gasteiger partial charge in [-0.3, -0.25) is 0 Å². The van der Waals surface area contributed by atoms with Gasteiger partial charge in [-0.15, -0.1) is 0 Å². The van der Waals surface area contributed by atoms with Crippen molar-refractivity contribution >= 4 is 0 Å². The van der Waals surface area contributed by atoms with E-state index in [1.165, 1.54) is 57.9 Å². The Morgan fingerprint density at radius 3 is 1.57 bits per heavy atom. The Kier molecular flexibility index (Phi) is 15.3. The van der Waals surface area contributed by atoms with Crippen molar-refractivity contribution in [3.63, 3.8) is 0 Å². The van der Waals surface area contributed by atoms with Crippen molar-refractivity contribution < 1.29 is 5.11 Å². The van der Waals surface area contributed by atoms with Crippen LogP contribution >= 0.6 is 0 Å².